The number of nitrogens with one attached hydrogen (secondary N) is 2. The predicted octanol–water partition coefficient (Wildman–Crippen LogP) is 5.24. The molecule has 0 aliphatic heterocycles. The molecule has 1 aromatic carbocycles. The smallest absolute Gasteiger partial charge is 0.350 e. The first-order valence-corrected chi connectivity index (χ1v) is 11.0. The molecule has 174 valence electrons. The van der Waals surface area contributed by atoms with Gasteiger partial charge in [0.1, 0.15) is 0 Å². The van der Waals surface area contributed by atoms with Crippen molar-refractivity contribution in [3.63, 3.8) is 0 Å². The van der Waals surface area contributed by atoms with Gasteiger partial charge < -0.3 is 10.6 Å². The molecule has 0 aliphatic carbocycles. The third-order valence-electron chi connectivity index (χ3n) is 4.39. The molecule has 2 heterocycles. The molecule has 0 radical (unpaired) electrons. The molecule has 33 heavy (non-hydrogen) atoms. The maximum Gasteiger partial charge on any atom is 0.435 e. The highest BCUT2D eigenvalue weighted by Gasteiger charge is 2.40. The fourth-order valence-electron chi connectivity index (χ4n) is 3.01. The number of carbonyl (C=O) groups excluding carboxylic acids is 2. The summed E-state index contributed by atoms with van der Waals surface area (Å²) >= 11 is 8.04. The molecule has 2 aromatic heterocycles. The molecule has 0 spiro atoms. The number of hydrogen-bond donors (Lipinski definition) is 2. The van der Waals surface area contributed by atoms with Crippen LogP contribution in [-0.2, 0) is 6.18 Å². The number of aromatic nitrogens is 3. The van der Waals surface area contributed by atoms with Gasteiger partial charge in [0.25, 0.3) is 11.8 Å². The first-order valence-electron chi connectivity index (χ1n) is 9.58. The predicted molar refractivity (Wildman–Crippen MR) is 126 cm³/mol. The summed E-state index contributed by atoms with van der Waals surface area (Å²) in [6, 6.07) is 6.01. The van der Waals surface area contributed by atoms with E-state index in [4.69, 9.17) is 11.6 Å². The summed E-state index contributed by atoms with van der Waals surface area (Å²) in [5.74, 6) is -1.61. The zero-order valence-electron chi connectivity index (χ0n) is 17.6. The van der Waals surface area contributed by atoms with Gasteiger partial charge in [0, 0.05) is 22.0 Å². The number of pyridine rings is 1. The molecule has 0 saturated carbocycles. The van der Waals surface area contributed by atoms with E-state index in [9.17, 15) is 22.8 Å². The minimum absolute atomic E-state index is 0.0572. The van der Waals surface area contributed by atoms with E-state index < -0.39 is 29.2 Å². The summed E-state index contributed by atoms with van der Waals surface area (Å²) in [6.07, 6.45) is -2.68. The number of halogens is 5. The van der Waals surface area contributed by atoms with Gasteiger partial charge in [-0.05, 0) is 73.2 Å². The number of nitrogens with zero attached hydrogens (tertiary/aromatic N) is 3. The first kappa shape index (κ1) is 25.0. The molecular weight excluding hydrogens is 574 g/mol. The Morgan fingerprint density at radius 3 is 2.48 bits per heavy atom. The summed E-state index contributed by atoms with van der Waals surface area (Å²) in [7, 11) is 0. The van der Waals surface area contributed by atoms with Crippen molar-refractivity contribution >= 4 is 51.7 Å². The summed E-state index contributed by atoms with van der Waals surface area (Å²) in [4.78, 5) is 29.6. The monoisotopic (exact) mass is 591 g/mol. The minimum atomic E-state index is -4.92. The van der Waals surface area contributed by atoms with Crippen LogP contribution in [0.4, 0.5) is 18.9 Å². The number of aryl methyl sites for hydroxylation is 1. The first-order chi connectivity index (χ1) is 15.4. The normalized spacial score (nSPS) is 11.5. The molecule has 0 aliphatic rings. The summed E-state index contributed by atoms with van der Waals surface area (Å²) in [5, 5.41) is 8.75. The van der Waals surface area contributed by atoms with E-state index in [-0.39, 0.29) is 28.1 Å². The fourth-order valence-corrected chi connectivity index (χ4v) is 4.00. The topological polar surface area (TPSA) is 88.9 Å². The van der Waals surface area contributed by atoms with Crippen LogP contribution < -0.4 is 10.6 Å². The number of rotatable bonds is 5. The van der Waals surface area contributed by atoms with E-state index in [2.05, 4.69) is 20.7 Å². The van der Waals surface area contributed by atoms with Crippen LogP contribution in [0.3, 0.4) is 0 Å². The molecule has 0 saturated heterocycles. The van der Waals surface area contributed by atoms with Gasteiger partial charge in [0.05, 0.1) is 21.8 Å². The van der Waals surface area contributed by atoms with Gasteiger partial charge in [-0.15, -0.1) is 0 Å². The Bertz CT molecular complexity index is 1230. The standard InChI is InChI=1S/C21H18ClF3IN5O2/c1-10(2)28-19(32)13-8-12(26)7-11(3)16(13)29-20(33)14-9-31(30-17(14)21(23,24)25)18-15(22)5-4-6-27-18/h4-10H,1-3H3,(H,28,32)(H,29,33). The number of hydrogen-bond acceptors (Lipinski definition) is 4. The van der Waals surface area contributed by atoms with Crippen LogP contribution in [0.5, 0.6) is 0 Å². The van der Waals surface area contributed by atoms with Crippen LogP contribution >= 0.6 is 34.2 Å². The maximum atomic E-state index is 13.7. The Balaban J connectivity index is 2.07. The van der Waals surface area contributed by atoms with E-state index in [0.29, 0.717) is 5.56 Å². The average molecular weight is 592 g/mol. The van der Waals surface area contributed by atoms with Crippen LogP contribution in [0.25, 0.3) is 5.82 Å². The van der Waals surface area contributed by atoms with Crippen molar-refractivity contribution < 1.29 is 22.8 Å². The molecule has 2 N–H and O–H groups in total. The van der Waals surface area contributed by atoms with Crippen molar-refractivity contribution in [1.29, 1.82) is 0 Å². The van der Waals surface area contributed by atoms with E-state index in [1.165, 1.54) is 18.3 Å². The van der Waals surface area contributed by atoms with Crippen molar-refractivity contribution in [2.45, 2.75) is 33.0 Å². The van der Waals surface area contributed by atoms with Gasteiger partial charge in [-0.1, -0.05) is 11.6 Å². The molecule has 3 rings (SSSR count). The number of benzene rings is 1. The van der Waals surface area contributed by atoms with Crippen molar-refractivity contribution in [2.24, 2.45) is 0 Å². The van der Waals surface area contributed by atoms with E-state index in [0.717, 1.165) is 14.4 Å². The lowest BCUT2D eigenvalue weighted by Gasteiger charge is -2.16. The van der Waals surface area contributed by atoms with Crippen LogP contribution in [0, 0.1) is 10.5 Å². The van der Waals surface area contributed by atoms with E-state index >= 15 is 0 Å². The number of carbonyl (C=O) groups is 2. The Hall–Kier alpha value is -2.67. The maximum absolute atomic E-state index is 13.7. The Kier molecular flexibility index (Phi) is 7.32. The third kappa shape index (κ3) is 5.64. The SMILES string of the molecule is Cc1cc(I)cc(C(=O)NC(C)C)c1NC(=O)c1cn(-c2ncccc2Cl)nc1C(F)(F)F. The Morgan fingerprint density at radius 2 is 1.88 bits per heavy atom. The van der Waals surface area contributed by atoms with Gasteiger partial charge in [0.15, 0.2) is 11.5 Å². The van der Waals surface area contributed by atoms with Gasteiger partial charge in [-0.3, -0.25) is 9.59 Å². The molecule has 3 aromatic rings. The van der Waals surface area contributed by atoms with Crippen LogP contribution in [0.1, 0.15) is 45.8 Å². The second-order valence-corrected chi connectivity index (χ2v) is 9.02. The zero-order chi connectivity index (χ0) is 24.5. The lowest BCUT2D eigenvalue weighted by Crippen LogP contribution is -2.31. The van der Waals surface area contributed by atoms with Gasteiger partial charge in [0.2, 0.25) is 0 Å². The van der Waals surface area contributed by atoms with Gasteiger partial charge in [-0.2, -0.15) is 18.3 Å². The molecule has 7 nitrogen and oxygen atoms in total. The van der Waals surface area contributed by atoms with E-state index in [1.807, 2.05) is 22.6 Å². The summed E-state index contributed by atoms with van der Waals surface area (Å²) in [6.45, 7) is 5.18. The Morgan fingerprint density at radius 1 is 1.18 bits per heavy atom. The zero-order valence-corrected chi connectivity index (χ0v) is 20.5. The number of amides is 2. The highest BCUT2D eigenvalue weighted by atomic mass is 127. The molecule has 0 fully saturated rings. The summed E-state index contributed by atoms with van der Waals surface area (Å²) < 4.78 is 42.6. The third-order valence-corrected chi connectivity index (χ3v) is 5.30. The lowest BCUT2D eigenvalue weighted by atomic mass is 10.1. The van der Waals surface area contributed by atoms with Crippen LogP contribution in [-0.4, -0.2) is 32.6 Å². The molecule has 2 amide bonds. The molecule has 0 bridgehead atoms. The molecule has 0 atom stereocenters. The fraction of sp³-hybridized carbons (Fsp3) is 0.238. The highest BCUT2D eigenvalue weighted by molar-refractivity contribution is 14.1. The van der Waals surface area contributed by atoms with Crippen LogP contribution in [0.15, 0.2) is 36.7 Å². The quantitative estimate of drug-likeness (QED) is 0.397. The van der Waals surface area contributed by atoms with Crippen molar-refractivity contribution in [2.75, 3.05) is 5.32 Å². The van der Waals surface area contributed by atoms with Crippen molar-refractivity contribution in [1.82, 2.24) is 20.1 Å². The lowest BCUT2D eigenvalue weighted by molar-refractivity contribution is -0.141. The van der Waals surface area contributed by atoms with Crippen molar-refractivity contribution in [3.05, 3.63) is 67.6 Å². The largest absolute Gasteiger partial charge is 0.435 e. The molecule has 0 unspecified atom stereocenters. The van der Waals surface area contributed by atoms with Crippen molar-refractivity contribution in [3.8, 4) is 5.82 Å². The number of anilines is 1. The van der Waals surface area contributed by atoms with Gasteiger partial charge in [-0.25, -0.2) is 9.67 Å². The van der Waals surface area contributed by atoms with Crippen LogP contribution in [0.2, 0.25) is 5.02 Å². The summed E-state index contributed by atoms with van der Waals surface area (Å²) in [5.41, 5.74) is -1.39. The van der Waals surface area contributed by atoms with Gasteiger partial charge >= 0.3 is 6.18 Å². The van der Waals surface area contributed by atoms with E-state index in [1.54, 1.807) is 32.9 Å². The minimum Gasteiger partial charge on any atom is -0.350 e. The molecule has 12 heteroatoms. The number of alkyl halides is 3. The Labute approximate surface area is 205 Å². The average Bonchev–Trinajstić information content (AvgIpc) is 3.15. The second kappa shape index (κ2) is 9.67. The second-order valence-electron chi connectivity index (χ2n) is 7.37. The highest BCUT2D eigenvalue weighted by Crippen LogP contribution is 2.33. The molecular formula is C21H18ClF3IN5O2.